The Kier molecular flexibility index (Phi) is 2.34. The molecule has 0 aromatic rings. The van der Waals surface area contributed by atoms with Crippen molar-refractivity contribution < 1.29 is 0 Å². The van der Waals surface area contributed by atoms with Crippen LogP contribution in [-0.2, 0) is 0 Å². The van der Waals surface area contributed by atoms with Gasteiger partial charge in [0.15, 0.2) is 0 Å². The first-order valence-corrected chi connectivity index (χ1v) is 5.85. The summed E-state index contributed by atoms with van der Waals surface area (Å²) in [5.74, 6) is 0. The highest BCUT2D eigenvalue weighted by molar-refractivity contribution is 8.22. The molecular formula is C9H15NS. The summed E-state index contributed by atoms with van der Waals surface area (Å²) in [7, 11) is 0.113. The van der Waals surface area contributed by atoms with Gasteiger partial charge in [-0.15, -0.1) is 0 Å². The zero-order valence-corrected chi connectivity index (χ0v) is 7.56. The Morgan fingerprint density at radius 2 is 2.09 bits per heavy atom. The molecule has 1 unspecified atom stereocenters. The fraction of sp³-hybridized carbons (Fsp3) is 0.556. The molecule has 2 aliphatic heterocycles. The third-order valence-corrected chi connectivity index (χ3v) is 4.64. The lowest BCUT2D eigenvalue weighted by Crippen LogP contribution is -2.32. The molecule has 1 N–H and O–H groups in total. The van der Waals surface area contributed by atoms with Crippen LogP contribution in [0.1, 0.15) is 12.8 Å². The van der Waals surface area contributed by atoms with Crippen LogP contribution in [0.4, 0.5) is 0 Å². The number of hydrogen-bond acceptors (Lipinski definition) is 1. The molecule has 2 aliphatic rings. The lowest BCUT2D eigenvalue weighted by atomic mass is 10.2. The van der Waals surface area contributed by atoms with Crippen molar-refractivity contribution in [3.8, 4) is 0 Å². The van der Waals surface area contributed by atoms with E-state index in [0.717, 1.165) is 5.25 Å². The normalized spacial score (nSPS) is 33.1. The molecule has 62 valence electrons. The second-order valence-electron chi connectivity index (χ2n) is 3.13. The van der Waals surface area contributed by atoms with Gasteiger partial charge in [-0.1, -0.05) is 12.2 Å². The van der Waals surface area contributed by atoms with E-state index in [1.165, 1.54) is 25.9 Å². The smallest absolute Gasteiger partial charge is 0.00596 e. The minimum atomic E-state index is 0.113. The van der Waals surface area contributed by atoms with Gasteiger partial charge in [0, 0.05) is 11.8 Å². The average Bonchev–Trinajstić information content (AvgIpc) is 2.58. The van der Waals surface area contributed by atoms with E-state index in [1.807, 2.05) is 0 Å². The first-order chi connectivity index (χ1) is 5.47. The van der Waals surface area contributed by atoms with E-state index in [0.29, 0.717) is 0 Å². The van der Waals surface area contributed by atoms with Gasteiger partial charge in [-0.3, -0.25) is 0 Å². The lowest BCUT2D eigenvalue weighted by molar-refractivity contribution is 0.531. The molecule has 1 nitrogen and oxygen atoms in total. The Balaban J connectivity index is 1.92. The fourth-order valence-corrected chi connectivity index (χ4v) is 3.68. The van der Waals surface area contributed by atoms with Crippen LogP contribution in [0.5, 0.6) is 0 Å². The van der Waals surface area contributed by atoms with Gasteiger partial charge < -0.3 is 5.32 Å². The summed E-state index contributed by atoms with van der Waals surface area (Å²) in [5.41, 5.74) is 0. The summed E-state index contributed by atoms with van der Waals surface area (Å²) in [4.78, 5) is 0. The average molecular weight is 169 g/mol. The molecule has 2 rings (SSSR count). The van der Waals surface area contributed by atoms with Crippen LogP contribution in [-0.4, -0.2) is 18.3 Å². The van der Waals surface area contributed by atoms with Crippen LogP contribution >= 0.6 is 10.9 Å². The second kappa shape index (κ2) is 3.46. The number of rotatable bonds is 1. The van der Waals surface area contributed by atoms with Crippen LogP contribution < -0.4 is 5.32 Å². The third kappa shape index (κ3) is 1.68. The van der Waals surface area contributed by atoms with Crippen molar-refractivity contribution in [2.45, 2.75) is 18.1 Å². The van der Waals surface area contributed by atoms with Crippen molar-refractivity contribution >= 4 is 10.9 Å². The topological polar surface area (TPSA) is 12.0 Å². The zero-order chi connectivity index (χ0) is 7.52. The molecule has 1 saturated heterocycles. The molecular weight excluding hydrogens is 154 g/mol. The van der Waals surface area contributed by atoms with Crippen LogP contribution in [0.3, 0.4) is 0 Å². The summed E-state index contributed by atoms with van der Waals surface area (Å²) < 4.78 is 0. The molecule has 2 heteroatoms. The molecule has 0 aromatic carbocycles. The Bertz CT molecular complexity index is 168. The minimum absolute atomic E-state index is 0.113. The standard InChI is InChI=1S/C9H15NS/c1-2-7-11(6-1)9-4-3-5-10-8-9/h1-2,6-7,9-11H,3-5,8H2. The molecule has 1 fully saturated rings. The first kappa shape index (κ1) is 7.44. The summed E-state index contributed by atoms with van der Waals surface area (Å²) in [6.45, 7) is 2.47. The number of hydrogen-bond donors (Lipinski definition) is 2. The number of piperidine rings is 1. The van der Waals surface area contributed by atoms with Crippen LogP contribution in [0, 0.1) is 0 Å². The van der Waals surface area contributed by atoms with Crippen molar-refractivity contribution in [1.82, 2.24) is 5.32 Å². The molecule has 0 aliphatic carbocycles. The predicted octanol–water partition coefficient (Wildman–Crippen LogP) is 1.78. The quantitative estimate of drug-likeness (QED) is 0.570. The van der Waals surface area contributed by atoms with Crippen LogP contribution in [0.25, 0.3) is 0 Å². The monoisotopic (exact) mass is 169 g/mol. The van der Waals surface area contributed by atoms with E-state index in [9.17, 15) is 0 Å². The Morgan fingerprint density at radius 1 is 1.27 bits per heavy atom. The molecule has 0 radical (unpaired) electrons. The number of thiol groups is 1. The maximum absolute atomic E-state index is 3.46. The van der Waals surface area contributed by atoms with Gasteiger partial charge in [0.25, 0.3) is 0 Å². The van der Waals surface area contributed by atoms with Crippen LogP contribution in [0.15, 0.2) is 23.0 Å². The fourth-order valence-electron chi connectivity index (χ4n) is 1.68. The van der Waals surface area contributed by atoms with Gasteiger partial charge in [-0.25, -0.2) is 10.9 Å². The second-order valence-corrected chi connectivity index (χ2v) is 5.35. The van der Waals surface area contributed by atoms with E-state index in [2.05, 4.69) is 28.3 Å². The SMILES string of the molecule is C1=C[SH](C2CCCNC2)C=C1. The molecule has 0 spiro atoms. The van der Waals surface area contributed by atoms with Gasteiger partial charge >= 0.3 is 0 Å². The molecule has 0 saturated carbocycles. The van der Waals surface area contributed by atoms with Crippen molar-refractivity contribution in [2.24, 2.45) is 0 Å². The van der Waals surface area contributed by atoms with Gasteiger partial charge in [0.1, 0.15) is 0 Å². The van der Waals surface area contributed by atoms with Gasteiger partial charge in [0.2, 0.25) is 0 Å². The highest BCUT2D eigenvalue weighted by atomic mass is 32.2. The highest BCUT2D eigenvalue weighted by Gasteiger charge is 2.17. The van der Waals surface area contributed by atoms with Gasteiger partial charge in [0.05, 0.1) is 0 Å². The van der Waals surface area contributed by atoms with E-state index in [1.54, 1.807) is 0 Å². The minimum Gasteiger partial charge on any atom is -0.316 e. The molecule has 1 atom stereocenters. The number of allylic oxidation sites excluding steroid dienone is 2. The summed E-state index contributed by atoms with van der Waals surface area (Å²) in [5, 5.41) is 9.15. The van der Waals surface area contributed by atoms with E-state index < -0.39 is 0 Å². The largest absolute Gasteiger partial charge is 0.316 e. The third-order valence-electron chi connectivity index (χ3n) is 2.32. The Labute approximate surface area is 70.9 Å². The van der Waals surface area contributed by atoms with Crippen molar-refractivity contribution in [1.29, 1.82) is 0 Å². The van der Waals surface area contributed by atoms with Crippen molar-refractivity contribution in [3.63, 3.8) is 0 Å². The van der Waals surface area contributed by atoms with E-state index >= 15 is 0 Å². The summed E-state index contributed by atoms with van der Waals surface area (Å²) in [6, 6.07) is 0. The predicted molar refractivity (Wildman–Crippen MR) is 53.2 cm³/mol. The molecule has 11 heavy (non-hydrogen) atoms. The lowest BCUT2D eigenvalue weighted by Gasteiger charge is -2.28. The van der Waals surface area contributed by atoms with Crippen molar-refractivity contribution in [3.05, 3.63) is 23.0 Å². The Morgan fingerprint density at radius 3 is 2.73 bits per heavy atom. The molecule has 2 heterocycles. The highest BCUT2D eigenvalue weighted by Crippen LogP contribution is 2.40. The maximum Gasteiger partial charge on any atom is 0.00596 e. The van der Waals surface area contributed by atoms with Gasteiger partial charge in [-0.2, -0.15) is 0 Å². The zero-order valence-electron chi connectivity index (χ0n) is 6.66. The van der Waals surface area contributed by atoms with Crippen molar-refractivity contribution in [2.75, 3.05) is 13.1 Å². The molecule has 0 bridgehead atoms. The summed E-state index contributed by atoms with van der Waals surface area (Å²) >= 11 is 0. The molecule has 0 amide bonds. The van der Waals surface area contributed by atoms with Gasteiger partial charge in [-0.05, 0) is 30.2 Å². The molecule has 0 aromatic heterocycles. The summed E-state index contributed by atoms with van der Waals surface area (Å²) in [6.07, 6.45) is 7.18. The van der Waals surface area contributed by atoms with Crippen LogP contribution in [0.2, 0.25) is 0 Å². The first-order valence-electron chi connectivity index (χ1n) is 4.30. The number of nitrogens with one attached hydrogen (secondary N) is 1. The Hall–Kier alpha value is -0.210. The van der Waals surface area contributed by atoms with E-state index in [4.69, 9.17) is 0 Å². The van der Waals surface area contributed by atoms with E-state index in [-0.39, 0.29) is 10.9 Å². The maximum atomic E-state index is 3.46.